The first kappa shape index (κ1) is 14.6. The third-order valence-corrected chi connectivity index (χ3v) is 2.93. The zero-order valence-electron chi connectivity index (χ0n) is 9.83. The van der Waals surface area contributed by atoms with Crippen LogP contribution >= 0.6 is 0 Å². The van der Waals surface area contributed by atoms with Gasteiger partial charge in [-0.1, -0.05) is 6.92 Å². The van der Waals surface area contributed by atoms with Crippen LogP contribution in [-0.2, 0) is 4.79 Å². The number of rotatable bonds is 3. The summed E-state index contributed by atoms with van der Waals surface area (Å²) in [5.74, 6) is -1.73. The second-order valence-corrected chi connectivity index (χ2v) is 4.22. The molecule has 0 aromatic rings. The van der Waals surface area contributed by atoms with E-state index in [9.17, 15) is 22.8 Å². The molecule has 0 spiro atoms. The maximum Gasteiger partial charge on any atom is 0.408 e. The first-order valence-electron chi connectivity index (χ1n) is 5.60. The molecule has 1 rings (SSSR count). The van der Waals surface area contributed by atoms with Crippen molar-refractivity contribution < 1.29 is 27.9 Å². The van der Waals surface area contributed by atoms with Crippen LogP contribution in [0.1, 0.15) is 19.8 Å². The van der Waals surface area contributed by atoms with Gasteiger partial charge in [-0.3, -0.25) is 4.79 Å². The average molecular weight is 268 g/mol. The summed E-state index contributed by atoms with van der Waals surface area (Å²) in [6.07, 6.45) is -4.48. The van der Waals surface area contributed by atoms with Crippen LogP contribution in [0.3, 0.4) is 0 Å². The molecule has 0 radical (unpaired) electrons. The van der Waals surface area contributed by atoms with Gasteiger partial charge in [-0.15, -0.1) is 0 Å². The van der Waals surface area contributed by atoms with Gasteiger partial charge in [-0.05, 0) is 12.8 Å². The van der Waals surface area contributed by atoms with Gasteiger partial charge in [-0.25, -0.2) is 4.79 Å². The van der Waals surface area contributed by atoms with Gasteiger partial charge in [0.1, 0.15) is 6.04 Å². The van der Waals surface area contributed by atoms with Gasteiger partial charge >= 0.3 is 18.2 Å². The smallest absolute Gasteiger partial charge is 0.408 e. The first-order chi connectivity index (χ1) is 8.25. The van der Waals surface area contributed by atoms with E-state index in [1.807, 2.05) is 5.32 Å². The molecule has 0 aliphatic carbocycles. The Morgan fingerprint density at radius 3 is 2.50 bits per heavy atom. The summed E-state index contributed by atoms with van der Waals surface area (Å²) in [5, 5.41) is 10.6. The Hall–Kier alpha value is -1.47. The predicted octanol–water partition coefficient (Wildman–Crippen LogP) is 1.44. The second-order valence-electron chi connectivity index (χ2n) is 4.22. The third-order valence-electron chi connectivity index (χ3n) is 2.93. The van der Waals surface area contributed by atoms with E-state index in [0.717, 1.165) is 4.90 Å². The fourth-order valence-electron chi connectivity index (χ4n) is 1.80. The number of hydrogen-bond donors (Lipinski definition) is 2. The van der Waals surface area contributed by atoms with Crippen LogP contribution in [0.5, 0.6) is 0 Å². The van der Waals surface area contributed by atoms with Crippen molar-refractivity contribution in [1.29, 1.82) is 0 Å². The van der Waals surface area contributed by atoms with Gasteiger partial charge in [-0.2, -0.15) is 13.2 Å². The van der Waals surface area contributed by atoms with Gasteiger partial charge < -0.3 is 15.3 Å². The fourth-order valence-corrected chi connectivity index (χ4v) is 1.80. The molecule has 1 fully saturated rings. The minimum atomic E-state index is -4.49. The van der Waals surface area contributed by atoms with Crippen LogP contribution in [0.15, 0.2) is 0 Å². The lowest BCUT2D eigenvalue weighted by Gasteiger charge is -2.24. The number of hydrogen-bond acceptors (Lipinski definition) is 2. The van der Waals surface area contributed by atoms with Crippen molar-refractivity contribution in [3.8, 4) is 0 Å². The minimum absolute atomic E-state index is 0.0462. The Balaban J connectivity index is 2.54. The number of aliphatic carboxylic acids is 1. The molecule has 1 aliphatic rings. The van der Waals surface area contributed by atoms with Crippen LogP contribution < -0.4 is 5.32 Å². The Morgan fingerprint density at radius 1 is 1.50 bits per heavy atom. The number of carbonyl (C=O) groups excluding carboxylic acids is 1. The normalized spacial score (nSPS) is 21.8. The molecular weight excluding hydrogens is 253 g/mol. The molecule has 1 heterocycles. The standard InChI is InChI=1S/C10H15F3N2O3/c1-2-7(10(11,12)13)14-9(18)15-4-3-6(5-15)8(16)17/h6-7H,2-5H2,1H3,(H,14,18)(H,16,17)/t6?,7-/m0/s1. The molecule has 5 nitrogen and oxygen atoms in total. The number of carboxylic acids is 1. The van der Waals surface area contributed by atoms with Crippen molar-refractivity contribution in [2.75, 3.05) is 13.1 Å². The highest BCUT2D eigenvalue weighted by atomic mass is 19.4. The quantitative estimate of drug-likeness (QED) is 0.813. The first-order valence-corrected chi connectivity index (χ1v) is 5.60. The number of carboxylic acid groups (broad SMARTS) is 1. The van der Waals surface area contributed by atoms with Crippen molar-refractivity contribution in [3.63, 3.8) is 0 Å². The van der Waals surface area contributed by atoms with E-state index >= 15 is 0 Å². The summed E-state index contributed by atoms with van der Waals surface area (Å²) >= 11 is 0. The Bertz CT molecular complexity index is 333. The summed E-state index contributed by atoms with van der Waals surface area (Å²) in [4.78, 5) is 23.3. The molecule has 2 N–H and O–H groups in total. The van der Waals surface area contributed by atoms with E-state index in [1.165, 1.54) is 6.92 Å². The van der Waals surface area contributed by atoms with E-state index < -0.39 is 30.1 Å². The van der Waals surface area contributed by atoms with Crippen LogP contribution in [0, 0.1) is 5.92 Å². The molecular formula is C10H15F3N2O3. The Kier molecular flexibility index (Phi) is 4.42. The van der Waals surface area contributed by atoms with Crippen molar-refractivity contribution >= 4 is 12.0 Å². The second kappa shape index (κ2) is 5.45. The van der Waals surface area contributed by atoms with Gasteiger partial charge in [0.25, 0.3) is 0 Å². The summed E-state index contributed by atoms with van der Waals surface area (Å²) in [7, 11) is 0. The Morgan fingerprint density at radius 2 is 2.11 bits per heavy atom. The summed E-state index contributed by atoms with van der Waals surface area (Å²) < 4.78 is 37.3. The Labute approximate surface area is 102 Å². The zero-order valence-corrected chi connectivity index (χ0v) is 9.83. The van der Waals surface area contributed by atoms with Crippen molar-refractivity contribution in [2.45, 2.75) is 32.0 Å². The highest BCUT2D eigenvalue weighted by Crippen LogP contribution is 2.23. The molecule has 0 aromatic heterocycles. The number of halogens is 3. The molecule has 0 aromatic carbocycles. The van der Waals surface area contributed by atoms with Gasteiger partial charge in [0.2, 0.25) is 0 Å². The number of amides is 2. The van der Waals surface area contributed by atoms with Crippen LogP contribution in [0.4, 0.5) is 18.0 Å². The SMILES string of the molecule is CC[C@H](NC(=O)N1CCC(C(=O)O)C1)C(F)(F)F. The number of likely N-dealkylation sites (tertiary alicyclic amines) is 1. The zero-order chi connectivity index (χ0) is 13.9. The fraction of sp³-hybridized carbons (Fsp3) is 0.800. The maximum atomic E-state index is 12.4. The lowest BCUT2D eigenvalue weighted by Crippen LogP contribution is -2.50. The monoisotopic (exact) mass is 268 g/mol. The lowest BCUT2D eigenvalue weighted by molar-refractivity contribution is -0.154. The molecule has 18 heavy (non-hydrogen) atoms. The van der Waals surface area contributed by atoms with Gasteiger partial charge in [0.05, 0.1) is 5.92 Å². The molecule has 104 valence electrons. The number of carbonyl (C=O) groups is 2. The summed E-state index contributed by atoms with van der Waals surface area (Å²) in [6.45, 7) is 1.44. The van der Waals surface area contributed by atoms with Gasteiger partial charge in [0.15, 0.2) is 0 Å². The van der Waals surface area contributed by atoms with Crippen molar-refractivity contribution in [1.82, 2.24) is 10.2 Å². The van der Waals surface area contributed by atoms with Crippen LogP contribution in [-0.4, -0.2) is 47.3 Å². The van der Waals surface area contributed by atoms with Crippen LogP contribution in [0.2, 0.25) is 0 Å². The molecule has 2 atom stereocenters. The summed E-state index contributed by atoms with van der Waals surface area (Å²) in [6, 6.07) is -2.75. The molecule has 1 aliphatic heterocycles. The molecule has 0 saturated carbocycles. The van der Waals surface area contributed by atoms with Crippen molar-refractivity contribution in [2.24, 2.45) is 5.92 Å². The predicted molar refractivity (Wildman–Crippen MR) is 56.0 cm³/mol. The van der Waals surface area contributed by atoms with Crippen LogP contribution in [0.25, 0.3) is 0 Å². The number of nitrogens with one attached hydrogen (secondary N) is 1. The highest BCUT2D eigenvalue weighted by molar-refractivity contribution is 5.77. The molecule has 1 saturated heterocycles. The average Bonchev–Trinajstić information content (AvgIpc) is 2.73. The third kappa shape index (κ3) is 3.51. The van der Waals surface area contributed by atoms with E-state index in [1.54, 1.807) is 0 Å². The maximum absolute atomic E-state index is 12.4. The molecule has 0 bridgehead atoms. The number of alkyl halides is 3. The largest absolute Gasteiger partial charge is 0.481 e. The number of nitrogens with zero attached hydrogens (tertiary/aromatic N) is 1. The molecule has 8 heteroatoms. The van der Waals surface area contributed by atoms with E-state index in [2.05, 4.69) is 0 Å². The molecule has 1 unspecified atom stereocenters. The van der Waals surface area contributed by atoms with E-state index in [0.29, 0.717) is 0 Å². The minimum Gasteiger partial charge on any atom is -0.481 e. The van der Waals surface area contributed by atoms with E-state index in [-0.39, 0.29) is 25.9 Å². The lowest BCUT2D eigenvalue weighted by atomic mass is 10.1. The topological polar surface area (TPSA) is 69.6 Å². The van der Waals surface area contributed by atoms with Crippen molar-refractivity contribution in [3.05, 3.63) is 0 Å². The highest BCUT2D eigenvalue weighted by Gasteiger charge is 2.41. The number of urea groups is 1. The molecule has 2 amide bonds. The van der Waals surface area contributed by atoms with Gasteiger partial charge in [0, 0.05) is 13.1 Å². The van der Waals surface area contributed by atoms with E-state index in [4.69, 9.17) is 5.11 Å². The summed E-state index contributed by atoms with van der Waals surface area (Å²) in [5.41, 5.74) is 0.